The number of hydrogen-bond acceptors (Lipinski definition) is 2. The predicted octanol–water partition coefficient (Wildman–Crippen LogP) is 4.16. The summed E-state index contributed by atoms with van der Waals surface area (Å²) in [6.07, 6.45) is 4.79. The topological polar surface area (TPSA) is 20.3 Å². The lowest BCUT2D eigenvalue weighted by Gasteiger charge is -2.33. The number of carbonyl (C=O) groups excluding carboxylic acids is 1. The molecule has 2 rings (SSSR count). The van der Waals surface area contributed by atoms with E-state index in [1.165, 1.54) is 12.8 Å². The molecule has 0 atom stereocenters. The third-order valence-electron chi connectivity index (χ3n) is 3.67. The Bertz CT molecular complexity index is 396. The van der Waals surface area contributed by atoms with Crippen LogP contribution in [0.4, 0.5) is 0 Å². The van der Waals surface area contributed by atoms with Crippen LogP contribution in [0.1, 0.15) is 43.0 Å². The van der Waals surface area contributed by atoms with Gasteiger partial charge in [-0.2, -0.15) is 0 Å². The lowest BCUT2D eigenvalue weighted by molar-refractivity contribution is 0.0680. The van der Waals surface area contributed by atoms with Crippen molar-refractivity contribution in [3.05, 3.63) is 20.8 Å². The second-order valence-corrected chi connectivity index (χ2v) is 7.26. The quantitative estimate of drug-likeness (QED) is 0.802. The van der Waals surface area contributed by atoms with Crippen LogP contribution in [0.3, 0.4) is 0 Å². The molecule has 1 aliphatic rings. The second-order valence-electron chi connectivity index (χ2n) is 4.97. The summed E-state index contributed by atoms with van der Waals surface area (Å²) >= 11 is 4.97. The van der Waals surface area contributed by atoms with Crippen molar-refractivity contribution in [2.45, 2.75) is 38.6 Å². The van der Waals surface area contributed by atoms with Crippen LogP contribution in [0.25, 0.3) is 0 Å². The summed E-state index contributed by atoms with van der Waals surface area (Å²) < 4.78 is 1.02. The van der Waals surface area contributed by atoms with Crippen LogP contribution in [0.2, 0.25) is 0 Å². The first kappa shape index (κ1) is 13.1. The number of amides is 1. The zero-order valence-electron chi connectivity index (χ0n) is 10.3. The highest BCUT2D eigenvalue weighted by molar-refractivity contribution is 9.11. The van der Waals surface area contributed by atoms with Gasteiger partial charge in [-0.25, -0.2) is 0 Å². The molecule has 0 aliphatic heterocycles. The Hall–Kier alpha value is -0.350. The van der Waals surface area contributed by atoms with Crippen LogP contribution in [-0.4, -0.2) is 23.9 Å². The van der Waals surface area contributed by atoms with Crippen molar-refractivity contribution in [3.8, 4) is 0 Å². The van der Waals surface area contributed by atoms with E-state index in [1.54, 1.807) is 11.3 Å². The lowest BCUT2D eigenvalue weighted by atomic mass is 9.86. The van der Waals surface area contributed by atoms with Gasteiger partial charge in [-0.05, 0) is 53.6 Å². The fraction of sp³-hybridized carbons (Fsp3) is 0.615. The van der Waals surface area contributed by atoms with E-state index in [0.29, 0.717) is 6.04 Å². The van der Waals surface area contributed by atoms with Crippen molar-refractivity contribution in [2.75, 3.05) is 7.05 Å². The third kappa shape index (κ3) is 3.10. The Balaban J connectivity index is 2.00. The number of nitrogens with zero attached hydrogens (tertiary/aromatic N) is 1. The van der Waals surface area contributed by atoms with Crippen LogP contribution in [-0.2, 0) is 0 Å². The second kappa shape index (κ2) is 5.53. The molecule has 0 N–H and O–H groups in total. The monoisotopic (exact) mass is 315 g/mol. The molecular weight excluding hydrogens is 298 g/mol. The first-order chi connectivity index (χ1) is 8.08. The van der Waals surface area contributed by atoms with Gasteiger partial charge in [-0.15, -0.1) is 11.3 Å². The molecule has 1 fully saturated rings. The number of rotatable bonds is 2. The maximum atomic E-state index is 12.3. The van der Waals surface area contributed by atoms with E-state index in [4.69, 9.17) is 0 Å². The zero-order chi connectivity index (χ0) is 12.4. The maximum absolute atomic E-state index is 12.3. The third-order valence-corrected chi connectivity index (χ3v) is 5.17. The van der Waals surface area contributed by atoms with Gasteiger partial charge in [0.05, 0.1) is 9.35 Å². The Kier molecular flexibility index (Phi) is 4.26. The van der Waals surface area contributed by atoms with Crippen molar-refractivity contribution in [2.24, 2.45) is 5.92 Å². The highest BCUT2D eigenvalue weighted by atomic mass is 79.9. The largest absolute Gasteiger partial charge is 0.339 e. The normalized spacial score (nSPS) is 24.6. The van der Waals surface area contributed by atoms with Crippen molar-refractivity contribution >= 4 is 33.2 Å². The zero-order valence-corrected chi connectivity index (χ0v) is 12.7. The first-order valence-electron chi connectivity index (χ1n) is 6.09. The van der Waals surface area contributed by atoms with E-state index in [0.717, 1.165) is 28.1 Å². The summed E-state index contributed by atoms with van der Waals surface area (Å²) in [5.41, 5.74) is 0.808. The van der Waals surface area contributed by atoms with E-state index in [-0.39, 0.29) is 5.91 Å². The van der Waals surface area contributed by atoms with E-state index in [9.17, 15) is 4.79 Å². The van der Waals surface area contributed by atoms with Gasteiger partial charge in [0.1, 0.15) is 0 Å². The first-order valence-corrected chi connectivity index (χ1v) is 7.76. The molecular formula is C13H18BrNOS. The van der Waals surface area contributed by atoms with Crippen molar-refractivity contribution in [1.82, 2.24) is 4.90 Å². The molecule has 1 aromatic heterocycles. The SMILES string of the molecule is CC1CCC(N(C)C(=O)c2csc(Br)c2)CC1. The minimum atomic E-state index is 0.159. The summed E-state index contributed by atoms with van der Waals surface area (Å²) in [6.45, 7) is 2.30. The van der Waals surface area contributed by atoms with Gasteiger partial charge in [0.2, 0.25) is 0 Å². The summed E-state index contributed by atoms with van der Waals surface area (Å²) in [5, 5.41) is 1.92. The van der Waals surface area contributed by atoms with Crippen LogP contribution in [0, 0.1) is 5.92 Å². The fourth-order valence-corrected chi connectivity index (χ4v) is 3.55. The summed E-state index contributed by atoms with van der Waals surface area (Å²) in [7, 11) is 1.94. The van der Waals surface area contributed by atoms with Crippen LogP contribution in [0.5, 0.6) is 0 Å². The predicted molar refractivity (Wildman–Crippen MR) is 75.5 cm³/mol. The molecule has 4 heteroatoms. The maximum Gasteiger partial charge on any atom is 0.254 e. The summed E-state index contributed by atoms with van der Waals surface area (Å²) in [6, 6.07) is 2.34. The molecule has 0 saturated heterocycles. The van der Waals surface area contributed by atoms with Gasteiger partial charge in [0.25, 0.3) is 5.91 Å². The molecule has 0 unspecified atom stereocenters. The molecule has 94 valence electrons. The highest BCUT2D eigenvalue weighted by Gasteiger charge is 2.25. The number of halogens is 1. The van der Waals surface area contributed by atoms with Crippen molar-refractivity contribution < 1.29 is 4.79 Å². The molecule has 0 spiro atoms. The van der Waals surface area contributed by atoms with Crippen molar-refractivity contribution in [1.29, 1.82) is 0 Å². The smallest absolute Gasteiger partial charge is 0.254 e. The van der Waals surface area contributed by atoms with E-state index in [1.807, 2.05) is 23.4 Å². The van der Waals surface area contributed by atoms with E-state index in [2.05, 4.69) is 22.9 Å². The van der Waals surface area contributed by atoms with Crippen LogP contribution in [0.15, 0.2) is 15.2 Å². The molecule has 0 radical (unpaired) electrons. The summed E-state index contributed by atoms with van der Waals surface area (Å²) in [5.74, 6) is 0.983. The van der Waals surface area contributed by atoms with Gasteiger partial charge < -0.3 is 4.90 Å². The van der Waals surface area contributed by atoms with E-state index < -0.39 is 0 Å². The van der Waals surface area contributed by atoms with E-state index >= 15 is 0 Å². The molecule has 2 nitrogen and oxygen atoms in total. The minimum Gasteiger partial charge on any atom is -0.339 e. The van der Waals surface area contributed by atoms with Gasteiger partial charge in [0.15, 0.2) is 0 Å². The molecule has 0 bridgehead atoms. The van der Waals surface area contributed by atoms with Gasteiger partial charge in [-0.3, -0.25) is 4.79 Å². The van der Waals surface area contributed by atoms with Crippen LogP contribution < -0.4 is 0 Å². The molecule has 1 heterocycles. The Morgan fingerprint density at radius 3 is 2.59 bits per heavy atom. The minimum absolute atomic E-state index is 0.159. The Morgan fingerprint density at radius 2 is 2.06 bits per heavy atom. The number of hydrogen-bond donors (Lipinski definition) is 0. The molecule has 17 heavy (non-hydrogen) atoms. The van der Waals surface area contributed by atoms with Gasteiger partial charge in [-0.1, -0.05) is 6.92 Å². The molecule has 1 aliphatic carbocycles. The van der Waals surface area contributed by atoms with Gasteiger partial charge in [0, 0.05) is 18.5 Å². The molecule has 1 amide bonds. The Morgan fingerprint density at radius 1 is 1.41 bits per heavy atom. The number of carbonyl (C=O) groups is 1. The fourth-order valence-electron chi connectivity index (χ4n) is 2.42. The summed E-state index contributed by atoms with van der Waals surface area (Å²) in [4.78, 5) is 14.2. The molecule has 0 aromatic carbocycles. The lowest BCUT2D eigenvalue weighted by Crippen LogP contribution is -2.39. The van der Waals surface area contributed by atoms with Gasteiger partial charge >= 0.3 is 0 Å². The standard InChI is InChI=1S/C13H18BrNOS/c1-9-3-5-11(6-4-9)15(2)13(16)10-7-12(14)17-8-10/h7-9,11H,3-6H2,1-2H3. The van der Waals surface area contributed by atoms with Crippen molar-refractivity contribution in [3.63, 3.8) is 0 Å². The number of thiophene rings is 1. The average molecular weight is 316 g/mol. The van der Waals surface area contributed by atoms with Crippen LogP contribution >= 0.6 is 27.3 Å². The highest BCUT2D eigenvalue weighted by Crippen LogP contribution is 2.28. The molecule has 1 saturated carbocycles. The molecule has 1 aromatic rings. The average Bonchev–Trinajstić information content (AvgIpc) is 2.75. The Labute approximate surface area is 115 Å².